The lowest BCUT2D eigenvalue weighted by molar-refractivity contribution is 0.808. The van der Waals surface area contributed by atoms with E-state index in [0.29, 0.717) is 13.0 Å². The molecule has 0 spiro atoms. The zero-order chi connectivity index (χ0) is 20.6. The standard InChI is InChI=1S/C22H26BrN5/c1-7-27(10-8-9-24)21-19-15(4)16(5)28(22(19)26-17(6)25-21)20-13(2)11-18(23)12-14(20)3/h11-12H,7-8,10H2,1-6H3. The summed E-state index contributed by atoms with van der Waals surface area (Å²) in [5.41, 5.74) is 6.84. The van der Waals surface area contributed by atoms with Crippen LogP contribution in [0.4, 0.5) is 5.82 Å². The van der Waals surface area contributed by atoms with Crippen LogP contribution in [0.2, 0.25) is 0 Å². The first-order valence-corrected chi connectivity index (χ1v) is 10.3. The summed E-state index contributed by atoms with van der Waals surface area (Å²) >= 11 is 3.60. The molecule has 3 rings (SSSR count). The highest BCUT2D eigenvalue weighted by molar-refractivity contribution is 9.10. The first-order valence-electron chi connectivity index (χ1n) is 9.55. The maximum Gasteiger partial charge on any atom is 0.150 e. The van der Waals surface area contributed by atoms with Crippen LogP contribution in [0.5, 0.6) is 0 Å². The number of hydrogen-bond acceptors (Lipinski definition) is 4. The SMILES string of the molecule is CCN(CCC#N)c1nc(C)nc2c1c(C)c(C)n2-c1c(C)cc(Br)cc1C. The van der Waals surface area contributed by atoms with Gasteiger partial charge in [0.2, 0.25) is 0 Å². The summed E-state index contributed by atoms with van der Waals surface area (Å²) in [4.78, 5) is 11.8. The molecular weight excluding hydrogens is 414 g/mol. The van der Waals surface area contributed by atoms with E-state index in [2.05, 4.69) is 78.2 Å². The van der Waals surface area contributed by atoms with E-state index in [9.17, 15) is 0 Å². The van der Waals surface area contributed by atoms with Crippen molar-refractivity contribution in [3.05, 3.63) is 44.8 Å². The fraction of sp³-hybridized carbons (Fsp3) is 0.409. The van der Waals surface area contributed by atoms with Crippen LogP contribution in [-0.2, 0) is 0 Å². The predicted molar refractivity (Wildman–Crippen MR) is 118 cm³/mol. The van der Waals surface area contributed by atoms with Gasteiger partial charge < -0.3 is 4.90 Å². The summed E-state index contributed by atoms with van der Waals surface area (Å²) in [6, 6.07) is 6.53. The van der Waals surface area contributed by atoms with E-state index in [0.717, 1.165) is 33.7 Å². The molecule has 0 unspecified atom stereocenters. The number of aryl methyl sites for hydroxylation is 4. The number of rotatable bonds is 5. The average molecular weight is 440 g/mol. The Kier molecular flexibility index (Phi) is 5.76. The average Bonchev–Trinajstić information content (AvgIpc) is 2.86. The highest BCUT2D eigenvalue weighted by Crippen LogP contribution is 2.36. The first kappa shape index (κ1) is 20.3. The molecule has 146 valence electrons. The maximum atomic E-state index is 9.04. The Labute approximate surface area is 175 Å². The van der Waals surface area contributed by atoms with E-state index in [1.807, 2.05) is 6.92 Å². The molecule has 5 nitrogen and oxygen atoms in total. The topological polar surface area (TPSA) is 57.7 Å². The van der Waals surface area contributed by atoms with Crippen molar-refractivity contribution < 1.29 is 0 Å². The monoisotopic (exact) mass is 439 g/mol. The van der Waals surface area contributed by atoms with Crippen molar-refractivity contribution in [3.8, 4) is 11.8 Å². The van der Waals surface area contributed by atoms with Gasteiger partial charge in [0.25, 0.3) is 0 Å². The molecule has 0 radical (unpaired) electrons. The van der Waals surface area contributed by atoms with Crippen molar-refractivity contribution in [2.24, 2.45) is 0 Å². The molecule has 0 aliphatic heterocycles. The maximum absolute atomic E-state index is 9.04. The van der Waals surface area contributed by atoms with Gasteiger partial charge in [-0.05, 0) is 70.4 Å². The Bertz CT molecular complexity index is 1070. The molecule has 0 atom stereocenters. The van der Waals surface area contributed by atoms with Crippen molar-refractivity contribution in [1.82, 2.24) is 14.5 Å². The normalized spacial score (nSPS) is 11.1. The summed E-state index contributed by atoms with van der Waals surface area (Å²) in [5.74, 6) is 1.66. The van der Waals surface area contributed by atoms with Gasteiger partial charge in [-0.3, -0.25) is 4.57 Å². The fourth-order valence-electron chi connectivity index (χ4n) is 3.90. The smallest absolute Gasteiger partial charge is 0.150 e. The van der Waals surface area contributed by atoms with Gasteiger partial charge in [-0.25, -0.2) is 9.97 Å². The summed E-state index contributed by atoms with van der Waals surface area (Å²) in [7, 11) is 0. The quantitative estimate of drug-likeness (QED) is 0.528. The molecule has 0 saturated heterocycles. The predicted octanol–water partition coefficient (Wildman–Crippen LogP) is 5.47. The molecule has 0 bridgehead atoms. The lowest BCUT2D eigenvalue weighted by Crippen LogP contribution is -2.25. The van der Waals surface area contributed by atoms with Gasteiger partial charge in [0.05, 0.1) is 23.6 Å². The zero-order valence-corrected chi connectivity index (χ0v) is 19.0. The summed E-state index contributed by atoms with van der Waals surface area (Å²) in [5, 5.41) is 10.1. The largest absolute Gasteiger partial charge is 0.355 e. The molecule has 3 aromatic rings. The second-order valence-electron chi connectivity index (χ2n) is 7.21. The van der Waals surface area contributed by atoms with Crippen molar-refractivity contribution in [2.75, 3.05) is 18.0 Å². The molecule has 0 aliphatic carbocycles. The van der Waals surface area contributed by atoms with Gasteiger partial charge in [0.15, 0.2) is 5.65 Å². The molecule has 0 aliphatic rings. The minimum Gasteiger partial charge on any atom is -0.355 e. The number of nitrogens with zero attached hydrogens (tertiary/aromatic N) is 5. The number of fused-ring (bicyclic) bond motifs is 1. The van der Waals surface area contributed by atoms with Crippen LogP contribution in [0, 0.1) is 45.9 Å². The van der Waals surface area contributed by atoms with Crippen molar-refractivity contribution in [3.63, 3.8) is 0 Å². The molecule has 0 saturated carbocycles. The van der Waals surface area contributed by atoms with Crippen LogP contribution < -0.4 is 4.90 Å². The van der Waals surface area contributed by atoms with E-state index in [-0.39, 0.29) is 0 Å². The van der Waals surface area contributed by atoms with Crippen molar-refractivity contribution in [1.29, 1.82) is 5.26 Å². The molecule has 2 aromatic heterocycles. The third-order valence-corrected chi connectivity index (χ3v) is 5.76. The molecule has 1 aromatic carbocycles. The van der Waals surface area contributed by atoms with E-state index < -0.39 is 0 Å². The van der Waals surface area contributed by atoms with Gasteiger partial charge in [0.1, 0.15) is 11.6 Å². The van der Waals surface area contributed by atoms with Crippen LogP contribution in [0.3, 0.4) is 0 Å². The summed E-state index contributed by atoms with van der Waals surface area (Å²) in [6.07, 6.45) is 0.474. The second kappa shape index (κ2) is 7.92. The van der Waals surface area contributed by atoms with Gasteiger partial charge in [-0.15, -0.1) is 0 Å². The number of aromatic nitrogens is 3. The Morgan fingerprint density at radius 2 is 1.75 bits per heavy atom. The third kappa shape index (κ3) is 3.40. The van der Waals surface area contributed by atoms with Gasteiger partial charge in [-0.1, -0.05) is 15.9 Å². The minimum atomic E-state index is 0.474. The van der Waals surface area contributed by atoms with E-state index in [1.54, 1.807) is 0 Å². The highest BCUT2D eigenvalue weighted by Gasteiger charge is 2.23. The summed E-state index contributed by atoms with van der Waals surface area (Å²) in [6.45, 7) is 14.0. The zero-order valence-electron chi connectivity index (χ0n) is 17.4. The van der Waals surface area contributed by atoms with Gasteiger partial charge in [0, 0.05) is 23.3 Å². The van der Waals surface area contributed by atoms with E-state index in [4.69, 9.17) is 15.2 Å². The van der Waals surface area contributed by atoms with Crippen LogP contribution >= 0.6 is 15.9 Å². The molecule has 6 heteroatoms. The van der Waals surface area contributed by atoms with Gasteiger partial charge in [-0.2, -0.15) is 5.26 Å². The summed E-state index contributed by atoms with van der Waals surface area (Å²) < 4.78 is 3.34. The molecule has 0 amide bonds. The van der Waals surface area contributed by atoms with Crippen molar-refractivity contribution >= 4 is 32.8 Å². The number of halogens is 1. The fourth-order valence-corrected chi connectivity index (χ4v) is 4.59. The van der Waals surface area contributed by atoms with E-state index in [1.165, 1.54) is 28.1 Å². The van der Waals surface area contributed by atoms with E-state index >= 15 is 0 Å². The number of anilines is 1. The Morgan fingerprint density at radius 1 is 1.11 bits per heavy atom. The number of benzene rings is 1. The van der Waals surface area contributed by atoms with Crippen molar-refractivity contribution in [2.45, 2.75) is 48.0 Å². The Hall–Kier alpha value is -2.39. The first-order chi connectivity index (χ1) is 13.3. The minimum absolute atomic E-state index is 0.474. The van der Waals surface area contributed by atoms with Crippen LogP contribution in [0.1, 0.15) is 41.6 Å². The second-order valence-corrected chi connectivity index (χ2v) is 8.13. The lowest BCUT2D eigenvalue weighted by atomic mass is 10.1. The van der Waals surface area contributed by atoms with Gasteiger partial charge >= 0.3 is 0 Å². The Balaban J connectivity index is 2.37. The molecule has 28 heavy (non-hydrogen) atoms. The highest BCUT2D eigenvalue weighted by atomic mass is 79.9. The molecule has 0 N–H and O–H groups in total. The van der Waals surface area contributed by atoms with Crippen LogP contribution in [0.15, 0.2) is 16.6 Å². The number of hydrogen-bond donors (Lipinski definition) is 0. The van der Waals surface area contributed by atoms with Crippen LogP contribution in [-0.4, -0.2) is 27.6 Å². The molecule has 2 heterocycles. The third-order valence-electron chi connectivity index (χ3n) is 5.30. The molecular formula is C22H26BrN5. The number of nitriles is 1. The molecule has 0 fully saturated rings. The lowest BCUT2D eigenvalue weighted by Gasteiger charge is -2.22. The van der Waals surface area contributed by atoms with Crippen LogP contribution in [0.25, 0.3) is 16.7 Å². The Morgan fingerprint density at radius 3 is 2.32 bits per heavy atom.